The fraction of sp³-hybridized carbons (Fsp3) is 0.929. The molecule has 1 aliphatic heterocycles. The first-order valence-electron chi connectivity index (χ1n) is 7.23. The fourth-order valence-electron chi connectivity index (χ4n) is 2.45. The van der Waals surface area contributed by atoms with Gasteiger partial charge in [-0.05, 0) is 50.6 Å². The van der Waals surface area contributed by atoms with Gasteiger partial charge < -0.3 is 15.7 Å². The van der Waals surface area contributed by atoms with E-state index in [0.29, 0.717) is 24.8 Å². The van der Waals surface area contributed by atoms with E-state index in [1.165, 1.54) is 12.8 Å². The summed E-state index contributed by atoms with van der Waals surface area (Å²) in [6.45, 7) is 6.70. The van der Waals surface area contributed by atoms with Gasteiger partial charge >= 0.3 is 0 Å². The van der Waals surface area contributed by atoms with Crippen molar-refractivity contribution in [3.63, 3.8) is 0 Å². The number of aliphatic hydroxyl groups is 1. The average Bonchev–Trinajstić information content (AvgIpc) is 2.34. The van der Waals surface area contributed by atoms with Crippen LogP contribution in [0.3, 0.4) is 0 Å². The third-order valence-corrected chi connectivity index (χ3v) is 3.52. The molecule has 3 N–H and O–H groups in total. The molecule has 0 radical (unpaired) electrons. The Morgan fingerprint density at radius 2 is 2.06 bits per heavy atom. The molecule has 0 aromatic rings. The molecular weight excluding hydrogens is 228 g/mol. The van der Waals surface area contributed by atoms with E-state index in [0.717, 1.165) is 25.9 Å². The largest absolute Gasteiger partial charge is 0.391 e. The summed E-state index contributed by atoms with van der Waals surface area (Å²) in [4.78, 5) is 11.6. The lowest BCUT2D eigenvalue weighted by Crippen LogP contribution is -2.33. The quantitative estimate of drug-likeness (QED) is 0.643. The molecule has 4 heteroatoms. The lowest BCUT2D eigenvalue weighted by Gasteiger charge is -2.22. The van der Waals surface area contributed by atoms with Gasteiger partial charge in [0.2, 0.25) is 5.91 Å². The van der Waals surface area contributed by atoms with Crippen molar-refractivity contribution in [3.8, 4) is 0 Å². The number of carbonyl (C=O) groups excluding carboxylic acids is 1. The Morgan fingerprint density at radius 3 is 2.67 bits per heavy atom. The van der Waals surface area contributed by atoms with Gasteiger partial charge in [0.25, 0.3) is 0 Å². The number of piperidine rings is 1. The van der Waals surface area contributed by atoms with Crippen LogP contribution in [0.25, 0.3) is 0 Å². The highest BCUT2D eigenvalue weighted by Gasteiger charge is 2.15. The molecular formula is C14H28N2O2. The minimum absolute atomic E-state index is 0.0799. The Bertz CT molecular complexity index is 238. The minimum Gasteiger partial charge on any atom is -0.391 e. The monoisotopic (exact) mass is 256 g/mol. The van der Waals surface area contributed by atoms with Crippen molar-refractivity contribution in [2.75, 3.05) is 19.6 Å². The number of nitrogens with one attached hydrogen (secondary N) is 2. The molecule has 0 aliphatic carbocycles. The van der Waals surface area contributed by atoms with Crippen LogP contribution in [0.2, 0.25) is 0 Å². The lowest BCUT2D eigenvalue weighted by molar-refractivity contribution is -0.121. The summed E-state index contributed by atoms with van der Waals surface area (Å²) in [6.07, 6.45) is 4.28. The highest BCUT2D eigenvalue weighted by atomic mass is 16.3. The molecule has 1 aliphatic rings. The third-order valence-electron chi connectivity index (χ3n) is 3.52. The zero-order valence-electron chi connectivity index (χ0n) is 11.7. The van der Waals surface area contributed by atoms with Gasteiger partial charge in [0.15, 0.2) is 0 Å². The number of hydrogen-bond donors (Lipinski definition) is 3. The summed E-state index contributed by atoms with van der Waals surface area (Å²) in [5, 5.41) is 15.8. The van der Waals surface area contributed by atoms with Gasteiger partial charge in [-0.1, -0.05) is 13.8 Å². The molecule has 18 heavy (non-hydrogen) atoms. The number of amides is 1. The van der Waals surface area contributed by atoms with E-state index in [9.17, 15) is 9.90 Å². The van der Waals surface area contributed by atoms with Crippen molar-refractivity contribution >= 4 is 5.91 Å². The molecule has 1 rings (SSSR count). The van der Waals surface area contributed by atoms with Crippen LogP contribution < -0.4 is 10.6 Å². The fourth-order valence-corrected chi connectivity index (χ4v) is 2.45. The Hall–Kier alpha value is -0.610. The van der Waals surface area contributed by atoms with Gasteiger partial charge in [0, 0.05) is 13.0 Å². The second kappa shape index (κ2) is 8.48. The molecule has 1 heterocycles. The summed E-state index contributed by atoms with van der Waals surface area (Å²) in [5.74, 6) is 1.24. The first kappa shape index (κ1) is 15.4. The summed E-state index contributed by atoms with van der Waals surface area (Å²) in [5.41, 5.74) is 0. The second-order valence-electron chi connectivity index (χ2n) is 5.82. The molecule has 1 unspecified atom stereocenters. The van der Waals surface area contributed by atoms with Gasteiger partial charge in [-0.2, -0.15) is 0 Å². The maximum Gasteiger partial charge on any atom is 0.220 e. The predicted octanol–water partition coefficient (Wildman–Crippen LogP) is 1.29. The Morgan fingerprint density at radius 1 is 1.39 bits per heavy atom. The van der Waals surface area contributed by atoms with Gasteiger partial charge in [-0.3, -0.25) is 4.79 Å². The Balaban J connectivity index is 2.06. The van der Waals surface area contributed by atoms with Gasteiger partial charge in [0.05, 0.1) is 6.10 Å². The van der Waals surface area contributed by atoms with Crippen molar-refractivity contribution < 1.29 is 9.90 Å². The number of carbonyl (C=O) groups is 1. The number of hydrogen-bond acceptors (Lipinski definition) is 3. The molecule has 1 amide bonds. The Labute approximate surface area is 111 Å². The summed E-state index contributed by atoms with van der Waals surface area (Å²) >= 11 is 0. The van der Waals surface area contributed by atoms with Crippen LogP contribution in [0, 0.1) is 11.8 Å². The predicted molar refractivity (Wildman–Crippen MR) is 73.3 cm³/mol. The van der Waals surface area contributed by atoms with Crippen LogP contribution in [-0.4, -0.2) is 36.8 Å². The maximum absolute atomic E-state index is 11.6. The summed E-state index contributed by atoms with van der Waals surface area (Å²) in [7, 11) is 0. The summed E-state index contributed by atoms with van der Waals surface area (Å²) < 4.78 is 0. The van der Waals surface area contributed by atoms with E-state index in [4.69, 9.17) is 0 Å². The molecule has 0 saturated carbocycles. The van der Waals surface area contributed by atoms with Crippen LogP contribution in [0.1, 0.15) is 46.0 Å². The topological polar surface area (TPSA) is 61.4 Å². The van der Waals surface area contributed by atoms with E-state index in [1.54, 1.807) is 0 Å². The van der Waals surface area contributed by atoms with Crippen LogP contribution in [0.15, 0.2) is 0 Å². The first-order valence-corrected chi connectivity index (χ1v) is 7.23. The highest BCUT2D eigenvalue weighted by Crippen LogP contribution is 2.17. The molecule has 106 valence electrons. The zero-order valence-corrected chi connectivity index (χ0v) is 11.7. The second-order valence-corrected chi connectivity index (χ2v) is 5.82. The molecule has 0 aromatic carbocycles. The first-order chi connectivity index (χ1) is 8.58. The average molecular weight is 256 g/mol. The van der Waals surface area contributed by atoms with Crippen LogP contribution in [0.4, 0.5) is 0 Å². The SMILES string of the molecule is CC(C)CC(O)CNC(=O)CCC1CCNCC1. The normalized spacial score (nSPS) is 18.9. The molecule has 4 nitrogen and oxygen atoms in total. The van der Waals surface area contributed by atoms with Gasteiger partial charge in [-0.15, -0.1) is 0 Å². The van der Waals surface area contributed by atoms with Crippen LogP contribution in [-0.2, 0) is 4.79 Å². The van der Waals surface area contributed by atoms with E-state index < -0.39 is 6.10 Å². The molecule has 1 saturated heterocycles. The van der Waals surface area contributed by atoms with Crippen molar-refractivity contribution in [3.05, 3.63) is 0 Å². The van der Waals surface area contributed by atoms with Crippen LogP contribution in [0.5, 0.6) is 0 Å². The van der Waals surface area contributed by atoms with E-state index in [1.807, 2.05) is 0 Å². The molecule has 1 atom stereocenters. The zero-order chi connectivity index (χ0) is 13.4. The molecule has 1 fully saturated rings. The maximum atomic E-state index is 11.6. The van der Waals surface area contributed by atoms with Crippen LogP contribution >= 0.6 is 0 Å². The van der Waals surface area contributed by atoms with E-state index in [-0.39, 0.29) is 5.91 Å². The lowest BCUT2D eigenvalue weighted by atomic mass is 9.93. The van der Waals surface area contributed by atoms with Gasteiger partial charge in [-0.25, -0.2) is 0 Å². The van der Waals surface area contributed by atoms with E-state index >= 15 is 0 Å². The Kier molecular flexibility index (Phi) is 7.28. The van der Waals surface area contributed by atoms with Crippen molar-refractivity contribution in [1.82, 2.24) is 10.6 Å². The smallest absolute Gasteiger partial charge is 0.220 e. The van der Waals surface area contributed by atoms with Gasteiger partial charge in [0.1, 0.15) is 0 Å². The molecule has 0 spiro atoms. The highest BCUT2D eigenvalue weighted by molar-refractivity contribution is 5.75. The molecule has 0 aromatic heterocycles. The number of rotatable bonds is 7. The van der Waals surface area contributed by atoms with E-state index in [2.05, 4.69) is 24.5 Å². The standard InChI is InChI=1S/C14H28N2O2/c1-11(2)9-13(17)10-16-14(18)4-3-12-5-7-15-8-6-12/h11-13,15,17H,3-10H2,1-2H3,(H,16,18). The third kappa shape index (κ3) is 6.97. The van der Waals surface area contributed by atoms with Crippen molar-refractivity contribution in [2.45, 2.75) is 52.1 Å². The minimum atomic E-state index is -0.409. The summed E-state index contributed by atoms with van der Waals surface area (Å²) in [6, 6.07) is 0. The number of aliphatic hydroxyl groups excluding tert-OH is 1. The van der Waals surface area contributed by atoms with Crippen molar-refractivity contribution in [2.24, 2.45) is 11.8 Å². The molecule has 0 bridgehead atoms. The van der Waals surface area contributed by atoms with Crippen molar-refractivity contribution in [1.29, 1.82) is 0 Å².